The summed E-state index contributed by atoms with van der Waals surface area (Å²) in [5.41, 5.74) is 4.63. The zero-order chi connectivity index (χ0) is 28.7. The number of hydrogen-bond acceptors (Lipinski definition) is 7. The van der Waals surface area contributed by atoms with E-state index in [0.717, 1.165) is 24.1 Å². The van der Waals surface area contributed by atoms with Gasteiger partial charge in [0.2, 0.25) is 0 Å². The Morgan fingerprint density at radius 2 is 1.71 bits per heavy atom. The average Bonchev–Trinajstić information content (AvgIpc) is 3.66. The van der Waals surface area contributed by atoms with Crippen LogP contribution in [-0.4, -0.2) is 72.8 Å². The smallest absolute Gasteiger partial charge is 0.261 e. The van der Waals surface area contributed by atoms with Crippen LogP contribution >= 0.6 is 0 Å². The Morgan fingerprint density at radius 1 is 0.929 bits per heavy atom. The van der Waals surface area contributed by atoms with Gasteiger partial charge in [-0.1, -0.05) is 12.5 Å². The molecule has 3 N–H and O–H groups in total. The van der Waals surface area contributed by atoms with Gasteiger partial charge in [0, 0.05) is 24.8 Å². The zero-order valence-corrected chi connectivity index (χ0v) is 24.5. The molecule has 2 fully saturated rings. The Bertz CT molecular complexity index is 1820. The molecule has 3 aromatic carbocycles. The van der Waals surface area contributed by atoms with Crippen molar-refractivity contribution >= 4 is 43.3 Å². The maximum atomic E-state index is 13.2. The molecule has 5 aromatic rings. The number of piperidine rings is 2. The van der Waals surface area contributed by atoms with Crippen molar-refractivity contribution in [3.63, 3.8) is 0 Å². The van der Waals surface area contributed by atoms with Crippen LogP contribution in [0.15, 0.2) is 65.6 Å². The normalized spacial score (nSPS) is 17.2. The van der Waals surface area contributed by atoms with Crippen LogP contribution in [0.2, 0.25) is 0 Å². The van der Waals surface area contributed by atoms with E-state index in [-0.39, 0.29) is 4.90 Å². The SMILES string of the molecule is COc1ccc(S(=O)(=O)Nc2cccc3[nH]nc(-c4nc5ccc(N6CCC(N7CCCCC7)CC6)cc5[nH]4)c23)cc1. The van der Waals surface area contributed by atoms with E-state index in [1.807, 2.05) is 12.1 Å². The molecule has 0 spiro atoms. The lowest BCUT2D eigenvalue weighted by molar-refractivity contribution is 0.141. The first-order valence-electron chi connectivity index (χ1n) is 14.6. The molecule has 0 saturated carbocycles. The molecule has 0 atom stereocenters. The minimum Gasteiger partial charge on any atom is -0.497 e. The molecule has 7 rings (SSSR count). The van der Waals surface area contributed by atoms with Crippen molar-refractivity contribution in [1.29, 1.82) is 0 Å². The van der Waals surface area contributed by atoms with E-state index in [4.69, 9.17) is 9.72 Å². The van der Waals surface area contributed by atoms with Crippen LogP contribution in [0.1, 0.15) is 32.1 Å². The molecule has 0 unspecified atom stereocenters. The molecule has 4 heterocycles. The molecule has 0 bridgehead atoms. The molecule has 218 valence electrons. The van der Waals surface area contributed by atoms with Crippen molar-refractivity contribution in [2.45, 2.75) is 43.0 Å². The number of nitrogens with zero attached hydrogens (tertiary/aromatic N) is 4. The largest absolute Gasteiger partial charge is 0.497 e. The van der Waals surface area contributed by atoms with Crippen LogP contribution < -0.4 is 14.4 Å². The number of sulfonamides is 1. The summed E-state index contributed by atoms with van der Waals surface area (Å²) < 4.78 is 34.4. The third kappa shape index (κ3) is 5.07. The highest BCUT2D eigenvalue weighted by Crippen LogP contribution is 2.34. The molecule has 0 radical (unpaired) electrons. The van der Waals surface area contributed by atoms with Gasteiger partial charge in [-0.3, -0.25) is 9.82 Å². The second kappa shape index (κ2) is 11.0. The highest BCUT2D eigenvalue weighted by Gasteiger charge is 2.26. The van der Waals surface area contributed by atoms with Gasteiger partial charge >= 0.3 is 0 Å². The van der Waals surface area contributed by atoms with Crippen molar-refractivity contribution in [2.24, 2.45) is 0 Å². The first-order valence-corrected chi connectivity index (χ1v) is 16.1. The Labute approximate surface area is 245 Å². The Morgan fingerprint density at radius 3 is 2.48 bits per heavy atom. The van der Waals surface area contributed by atoms with Crippen molar-refractivity contribution in [2.75, 3.05) is 42.9 Å². The van der Waals surface area contributed by atoms with Crippen molar-refractivity contribution < 1.29 is 13.2 Å². The van der Waals surface area contributed by atoms with Gasteiger partial charge in [0.25, 0.3) is 10.0 Å². The predicted octanol–water partition coefficient (Wildman–Crippen LogP) is 5.37. The minimum atomic E-state index is -3.85. The van der Waals surface area contributed by atoms with Crippen LogP contribution in [0.4, 0.5) is 11.4 Å². The van der Waals surface area contributed by atoms with Gasteiger partial charge in [0.1, 0.15) is 11.4 Å². The number of H-pyrrole nitrogens is 2. The van der Waals surface area contributed by atoms with Gasteiger partial charge in [-0.15, -0.1) is 0 Å². The standard InChI is InChI=1S/C31H35N7O3S/c1-41-23-9-11-24(12-10-23)42(39,40)36-27-7-5-6-26-29(27)30(35-34-26)31-32-25-13-8-22(20-28(25)33-31)38-18-14-21(15-19-38)37-16-3-2-4-17-37/h5-13,20-21,36H,2-4,14-19H2,1H3,(H,32,33)(H,34,35). The summed E-state index contributed by atoms with van der Waals surface area (Å²) in [6, 6.07) is 18.7. The second-order valence-corrected chi connectivity index (χ2v) is 12.9. The van der Waals surface area contributed by atoms with E-state index in [1.54, 1.807) is 31.4 Å². The maximum absolute atomic E-state index is 13.2. The minimum absolute atomic E-state index is 0.140. The van der Waals surface area contributed by atoms with E-state index in [1.165, 1.54) is 63.0 Å². The van der Waals surface area contributed by atoms with Crippen LogP contribution in [0.3, 0.4) is 0 Å². The number of rotatable bonds is 7. The van der Waals surface area contributed by atoms with Crippen molar-refractivity contribution in [3.8, 4) is 17.3 Å². The molecular formula is C31H35N7O3S. The van der Waals surface area contributed by atoms with Gasteiger partial charge in [-0.2, -0.15) is 5.10 Å². The summed E-state index contributed by atoms with van der Waals surface area (Å²) in [5, 5.41) is 8.21. The lowest BCUT2D eigenvalue weighted by Crippen LogP contribution is -2.46. The van der Waals surface area contributed by atoms with E-state index >= 15 is 0 Å². The molecule has 2 aromatic heterocycles. The fourth-order valence-corrected chi connectivity index (χ4v) is 7.44. The number of hydrogen-bond donors (Lipinski definition) is 3. The molecule has 2 saturated heterocycles. The van der Waals surface area contributed by atoms with Crippen LogP contribution in [-0.2, 0) is 10.0 Å². The number of methoxy groups -OCH3 is 1. The third-order valence-corrected chi connectivity index (χ3v) is 10.0. The number of nitrogens with one attached hydrogen (secondary N) is 3. The van der Waals surface area contributed by atoms with Gasteiger partial charge in [0.05, 0.1) is 39.6 Å². The van der Waals surface area contributed by atoms with E-state index in [2.05, 4.69) is 41.8 Å². The summed E-state index contributed by atoms with van der Waals surface area (Å²) in [6.45, 7) is 4.60. The molecule has 2 aliphatic heterocycles. The van der Waals surface area contributed by atoms with Gasteiger partial charge in [0.15, 0.2) is 5.82 Å². The quantitative estimate of drug-likeness (QED) is 0.235. The summed E-state index contributed by atoms with van der Waals surface area (Å²) in [6.07, 6.45) is 6.43. The number of ether oxygens (including phenoxy) is 1. The highest BCUT2D eigenvalue weighted by molar-refractivity contribution is 7.92. The molecule has 10 nitrogen and oxygen atoms in total. The number of aromatic nitrogens is 4. The summed E-state index contributed by atoms with van der Waals surface area (Å²) in [4.78, 5) is 13.6. The van der Waals surface area contributed by atoms with Crippen LogP contribution in [0, 0.1) is 0 Å². The summed E-state index contributed by atoms with van der Waals surface area (Å²) in [5.74, 6) is 1.16. The topological polar surface area (TPSA) is 119 Å². The molecule has 2 aliphatic rings. The second-order valence-electron chi connectivity index (χ2n) is 11.2. The lowest BCUT2D eigenvalue weighted by atomic mass is 9.99. The Balaban J connectivity index is 1.14. The number of aromatic amines is 2. The summed E-state index contributed by atoms with van der Waals surface area (Å²) >= 11 is 0. The predicted molar refractivity (Wildman–Crippen MR) is 166 cm³/mol. The van der Waals surface area contributed by atoms with Crippen molar-refractivity contribution in [1.82, 2.24) is 25.1 Å². The number of fused-ring (bicyclic) bond motifs is 2. The molecule has 0 aliphatic carbocycles. The Kier molecular flexibility index (Phi) is 6.99. The van der Waals surface area contributed by atoms with Crippen LogP contribution in [0.5, 0.6) is 5.75 Å². The average molecular weight is 586 g/mol. The number of imidazole rings is 1. The molecule has 0 amide bonds. The molecule has 42 heavy (non-hydrogen) atoms. The van der Waals surface area contributed by atoms with Crippen molar-refractivity contribution in [3.05, 3.63) is 60.7 Å². The van der Waals surface area contributed by atoms with E-state index in [9.17, 15) is 8.42 Å². The van der Waals surface area contributed by atoms with Gasteiger partial charge < -0.3 is 19.5 Å². The Hall–Kier alpha value is -4.09. The fourth-order valence-electron chi connectivity index (χ4n) is 6.37. The van der Waals surface area contributed by atoms with Crippen LogP contribution in [0.25, 0.3) is 33.5 Å². The highest BCUT2D eigenvalue weighted by atomic mass is 32.2. The van der Waals surface area contributed by atoms with E-state index in [0.29, 0.717) is 39.9 Å². The monoisotopic (exact) mass is 585 g/mol. The molecule has 11 heteroatoms. The van der Waals surface area contributed by atoms with Gasteiger partial charge in [-0.25, -0.2) is 13.4 Å². The first kappa shape index (κ1) is 26.8. The summed E-state index contributed by atoms with van der Waals surface area (Å²) in [7, 11) is -2.30. The third-order valence-electron chi connectivity index (χ3n) is 8.63. The lowest BCUT2D eigenvalue weighted by Gasteiger charge is -2.41. The molecular weight excluding hydrogens is 550 g/mol. The van der Waals surface area contributed by atoms with E-state index < -0.39 is 10.0 Å². The number of likely N-dealkylation sites (tertiary alicyclic amines) is 1. The van der Waals surface area contributed by atoms with Gasteiger partial charge in [-0.05, 0) is 93.4 Å². The fraction of sp³-hybridized carbons (Fsp3) is 0.355. The first-order chi connectivity index (χ1) is 20.5. The number of anilines is 2. The number of benzene rings is 3. The maximum Gasteiger partial charge on any atom is 0.261 e. The zero-order valence-electron chi connectivity index (χ0n) is 23.6.